The summed E-state index contributed by atoms with van der Waals surface area (Å²) in [6.45, 7) is 4.58. The fourth-order valence-electron chi connectivity index (χ4n) is 6.63. The van der Waals surface area contributed by atoms with Crippen LogP contribution in [0.5, 0.6) is 0 Å². The molecule has 3 saturated carbocycles. The van der Waals surface area contributed by atoms with Gasteiger partial charge in [-0.15, -0.1) is 0 Å². The monoisotopic (exact) mass is 404 g/mol. The molecule has 2 nitrogen and oxygen atoms in total. The third-order valence-electron chi connectivity index (χ3n) is 8.56. The zero-order valence-corrected chi connectivity index (χ0v) is 19.5. The molecule has 4 atom stereocenters. The molecule has 0 aromatic carbocycles. The third kappa shape index (κ3) is 7.28. The highest BCUT2D eigenvalue weighted by molar-refractivity contribution is 5.72. The van der Waals surface area contributed by atoms with E-state index in [1.807, 2.05) is 0 Å². The summed E-state index contributed by atoms with van der Waals surface area (Å²) < 4.78 is 6.03. The summed E-state index contributed by atoms with van der Waals surface area (Å²) in [6, 6.07) is 0. The van der Waals surface area contributed by atoms with Crippen molar-refractivity contribution in [1.82, 2.24) is 0 Å². The fraction of sp³-hybridized carbons (Fsp3) is 0.963. The second kappa shape index (κ2) is 12.4. The Morgan fingerprint density at radius 1 is 0.690 bits per heavy atom. The van der Waals surface area contributed by atoms with Crippen LogP contribution in [0.2, 0.25) is 0 Å². The second-order valence-corrected chi connectivity index (χ2v) is 10.8. The molecule has 29 heavy (non-hydrogen) atoms. The summed E-state index contributed by atoms with van der Waals surface area (Å²) in [7, 11) is 0. The molecule has 3 aliphatic rings. The molecule has 0 aromatic heterocycles. The van der Waals surface area contributed by atoms with Gasteiger partial charge in [-0.1, -0.05) is 71.6 Å². The minimum atomic E-state index is 0.156. The summed E-state index contributed by atoms with van der Waals surface area (Å²) in [5, 5.41) is 0. The first-order valence-corrected chi connectivity index (χ1v) is 13.4. The van der Waals surface area contributed by atoms with Crippen LogP contribution in [0.15, 0.2) is 0 Å². The van der Waals surface area contributed by atoms with Crippen molar-refractivity contribution < 1.29 is 9.53 Å². The Morgan fingerprint density at radius 2 is 1.28 bits per heavy atom. The van der Waals surface area contributed by atoms with Gasteiger partial charge in [0.1, 0.15) is 6.10 Å². The van der Waals surface area contributed by atoms with E-state index in [2.05, 4.69) is 13.8 Å². The molecule has 0 radical (unpaired) electrons. The minimum absolute atomic E-state index is 0.156. The summed E-state index contributed by atoms with van der Waals surface area (Å²) in [6.07, 6.45) is 23.8. The molecule has 0 spiro atoms. The van der Waals surface area contributed by atoms with Gasteiger partial charge in [0.2, 0.25) is 0 Å². The van der Waals surface area contributed by atoms with Crippen molar-refractivity contribution in [2.24, 2.45) is 29.6 Å². The van der Waals surface area contributed by atoms with E-state index >= 15 is 0 Å². The molecule has 3 aliphatic carbocycles. The largest absolute Gasteiger partial charge is 0.462 e. The lowest BCUT2D eigenvalue weighted by Crippen LogP contribution is -2.36. The quantitative estimate of drug-likeness (QED) is 0.272. The Balaban J connectivity index is 1.34. The highest BCUT2D eigenvalue weighted by Gasteiger charge is 2.38. The number of fused-ring (bicyclic) bond motifs is 1. The van der Waals surface area contributed by atoms with Gasteiger partial charge in [0.05, 0.1) is 5.92 Å². The topological polar surface area (TPSA) is 26.3 Å². The zero-order valence-electron chi connectivity index (χ0n) is 19.5. The first-order valence-electron chi connectivity index (χ1n) is 13.4. The number of carbonyl (C=O) groups is 1. The molecule has 0 saturated heterocycles. The summed E-state index contributed by atoms with van der Waals surface area (Å²) in [5.41, 5.74) is 0. The summed E-state index contributed by atoms with van der Waals surface area (Å²) in [5.74, 6) is 3.92. The standard InChI is InChI=1S/C27H48O2/c1-3-5-7-9-21-12-17-26(18-13-21)29-27(28)25-16-15-23-19-22(10-8-6-4-2)11-14-24(23)20-25/h21-26H,3-20H2,1-2H3. The predicted molar refractivity (Wildman–Crippen MR) is 122 cm³/mol. The number of rotatable bonds is 10. The molecular weight excluding hydrogens is 356 g/mol. The van der Waals surface area contributed by atoms with Gasteiger partial charge in [-0.2, -0.15) is 0 Å². The van der Waals surface area contributed by atoms with Crippen LogP contribution in [0.1, 0.15) is 129 Å². The Kier molecular flexibility index (Phi) is 9.86. The molecule has 0 amide bonds. The molecule has 0 bridgehead atoms. The predicted octanol–water partition coefficient (Wildman–Crippen LogP) is 8.08. The summed E-state index contributed by atoms with van der Waals surface area (Å²) in [4.78, 5) is 12.8. The molecule has 0 aliphatic heterocycles. The highest BCUT2D eigenvalue weighted by Crippen LogP contribution is 2.46. The van der Waals surface area contributed by atoms with E-state index in [1.165, 1.54) is 89.9 Å². The van der Waals surface area contributed by atoms with Crippen molar-refractivity contribution >= 4 is 5.97 Å². The zero-order chi connectivity index (χ0) is 20.5. The van der Waals surface area contributed by atoms with Crippen molar-refractivity contribution in [3.05, 3.63) is 0 Å². The Hall–Kier alpha value is -0.530. The Labute approximate surface area is 180 Å². The lowest BCUT2D eigenvalue weighted by molar-refractivity contribution is -0.158. The minimum Gasteiger partial charge on any atom is -0.462 e. The van der Waals surface area contributed by atoms with Crippen molar-refractivity contribution in [3.63, 3.8) is 0 Å². The molecule has 0 heterocycles. The van der Waals surface area contributed by atoms with E-state index in [-0.39, 0.29) is 18.0 Å². The fourth-order valence-corrected chi connectivity index (χ4v) is 6.63. The van der Waals surface area contributed by atoms with Gasteiger partial charge >= 0.3 is 5.97 Å². The highest BCUT2D eigenvalue weighted by atomic mass is 16.5. The molecule has 168 valence electrons. The van der Waals surface area contributed by atoms with E-state index in [1.54, 1.807) is 0 Å². The van der Waals surface area contributed by atoms with Gasteiger partial charge in [-0.3, -0.25) is 4.79 Å². The van der Waals surface area contributed by atoms with E-state index in [4.69, 9.17) is 4.74 Å². The van der Waals surface area contributed by atoms with Gasteiger partial charge in [-0.25, -0.2) is 0 Å². The molecular formula is C27H48O2. The smallest absolute Gasteiger partial charge is 0.309 e. The third-order valence-corrected chi connectivity index (χ3v) is 8.56. The number of hydrogen-bond acceptors (Lipinski definition) is 2. The van der Waals surface area contributed by atoms with Crippen LogP contribution in [0.25, 0.3) is 0 Å². The first kappa shape index (κ1) is 23.1. The number of hydrogen-bond donors (Lipinski definition) is 0. The Bertz CT molecular complexity index is 465. The van der Waals surface area contributed by atoms with E-state index in [9.17, 15) is 4.79 Å². The molecule has 4 unspecified atom stereocenters. The van der Waals surface area contributed by atoms with Gasteiger partial charge < -0.3 is 4.74 Å². The van der Waals surface area contributed by atoms with Crippen LogP contribution in [0.3, 0.4) is 0 Å². The van der Waals surface area contributed by atoms with E-state index < -0.39 is 0 Å². The second-order valence-electron chi connectivity index (χ2n) is 10.8. The maximum atomic E-state index is 12.8. The van der Waals surface area contributed by atoms with E-state index in [0.29, 0.717) is 0 Å². The van der Waals surface area contributed by atoms with Crippen LogP contribution in [-0.2, 0) is 9.53 Å². The van der Waals surface area contributed by atoms with Gasteiger partial charge in [-0.05, 0) is 81.5 Å². The molecule has 2 heteroatoms. The first-order chi connectivity index (χ1) is 14.2. The number of carbonyl (C=O) groups excluding carboxylic acids is 1. The average molecular weight is 405 g/mol. The number of unbranched alkanes of at least 4 members (excludes halogenated alkanes) is 4. The van der Waals surface area contributed by atoms with Crippen molar-refractivity contribution in [3.8, 4) is 0 Å². The van der Waals surface area contributed by atoms with Crippen molar-refractivity contribution in [2.75, 3.05) is 0 Å². The van der Waals surface area contributed by atoms with Crippen LogP contribution >= 0.6 is 0 Å². The molecule has 3 fully saturated rings. The maximum absolute atomic E-state index is 12.8. The summed E-state index contributed by atoms with van der Waals surface area (Å²) >= 11 is 0. The lowest BCUT2D eigenvalue weighted by Gasteiger charge is -2.42. The normalized spacial score (nSPS) is 35.1. The van der Waals surface area contributed by atoms with Crippen molar-refractivity contribution in [2.45, 2.75) is 136 Å². The molecule has 0 aromatic rings. The van der Waals surface area contributed by atoms with Gasteiger partial charge in [0, 0.05) is 0 Å². The van der Waals surface area contributed by atoms with Crippen LogP contribution < -0.4 is 0 Å². The lowest BCUT2D eigenvalue weighted by atomic mass is 9.64. The van der Waals surface area contributed by atoms with Crippen LogP contribution in [0.4, 0.5) is 0 Å². The number of esters is 1. The van der Waals surface area contributed by atoms with Gasteiger partial charge in [0.25, 0.3) is 0 Å². The van der Waals surface area contributed by atoms with Crippen LogP contribution in [-0.4, -0.2) is 12.1 Å². The molecule has 3 rings (SSSR count). The van der Waals surface area contributed by atoms with Crippen LogP contribution in [0, 0.1) is 29.6 Å². The molecule has 0 N–H and O–H groups in total. The van der Waals surface area contributed by atoms with E-state index in [0.717, 1.165) is 49.4 Å². The van der Waals surface area contributed by atoms with Gasteiger partial charge in [0.15, 0.2) is 0 Å². The SMILES string of the molecule is CCCCCC1CCC(OC(=O)C2CCC3CC(CCCCC)CCC3C2)CC1. The average Bonchev–Trinajstić information content (AvgIpc) is 2.75. The van der Waals surface area contributed by atoms with Crippen molar-refractivity contribution in [1.29, 1.82) is 0 Å². The maximum Gasteiger partial charge on any atom is 0.309 e. The Morgan fingerprint density at radius 3 is 1.97 bits per heavy atom. The number of ether oxygens (including phenoxy) is 1.